The summed E-state index contributed by atoms with van der Waals surface area (Å²) < 4.78 is 7.34. The van der Waals surface area contributed by atoms with Crippen molar-refractivity contribution < 1.29 is 19.1 Å². The van der Waals surface area contributed by atoms with Crippen molar-refractivity contribution in [3.8, 4) is 0 Å². The molecule has 2 aromatic heterocycles. The number of rotatable bonds is 11. The molecule has 2 N–H and O–H groups in total. The molecule has 5 heterocycles. The van der Waals surface area contributed by atoms with Gasteiger partial charge in [-0.05, 0) is 114 Å². The number of nitrogens with one attached hydrogen (secondary N) is 2. The maximum absolute atomic E-state index is 14.4. The van der Waals surface area contributed by atoms with Gasteiger partial charge >= 0.3 is 12.0 Å². The molecule has 13 nitrogen and oxygen atoms in total. The number of esters is 1. The number of benzene rings is 2. The molecule has 57 heavy (non-hydrogen) atoms. The second-order valence-corrected chi connectivity index (χ2v) is 16.9. The highest BCUT2D eigenvalue weighted by molar-refractivity contribution is 5.88. The topological polar surface area (TPSA) is 136 Å². The lowest BCUT2D eigenvalue weighted by atomic mass is 9.89. The Balaban J connectivity index is 1.05. The van der Waals surface area contributed by atoms with E-state index in [1.54, 1.807) is 21.9 Å². The van der Waals surface area contributed by atoms with Gasteiger partial charge < -0.3 is 29.7 Å². The molecule has 4 aromatic rings. The van der Waals surface area contributed by atoms with Crippen LogP contribution in [-0.4, -0.2) is 124 Å². The lowest BCUT2D eigenvalue weighted by Gasteiger charge is -2.43. The number of aryl methyl sites for hydroxylation is 1. The summed E-state index contributed by atoms with van der Waals surface area (Å²) in [6, 6.07) is 13.3. The first kappa shape index (κ1) is 40.2. The molecule has 3 amide bonds. The van der Waals surface area contributed by atoms with Crippen molar-refractivity contribution in [2.24, 2.45) is 5.41 Å². The first-order valence-corrected chi connectivity index (χ1v) is 20.5. The molecule has 3 aliphatic rings. The summed E-state index contributed by atoms with van der Waals surface area (Å²) in [5.74, 6) is -0.360. The number of para-hydroxylation sites is 1. The molecule has 2 aromatic carbocycles. The van der Waals surface area contributed by atoms with Gasteiger partial charge in [0, 0.05) is 68.2 Å². The molecule has 3 saturated heterocycles. The first-order chi connectivity index (χ1) is 27.4. The first-order valence-electron chi connectivity index (χ1n) is 20.5. The summed E-state index contributed by atoms with van der Waals surface area (Å²) in [4.78, 5) is 65.8. The van der Waals surface area contributed by atoms with E-state index in [1.165, 1.54) is 0 Å². The summed E-state index contributed by atoms with van der Waals surface area (Å²) in [6.45, 7) is 15.4. The monoisotopic (exact) mass is 778 g/mol. The lowest BCUT2D eigenvalue weighted by Crippen LogP contribution is -2.59. The van der Waals surface area contributed by atoms with Gasteiger partial charge in [0.1, 0.15) is 6.04 Å². The van der Waals surface area contributed by atoms with Crippen LogP contribution < -0.4 is 10.9 Å². The number of aromatic nitrogens is 3. The fraction of sp³-hybridized carbons (Fsp3) is 0.523. The second kappa shape index (κ2) is 17.2. The highest BCUT2D eigenvalue weighted by Crippen LogP contribution is 2.29. The molecular weight excluding hydrogens is 721 g/mol. The van der Waals surface area contributed by atoms with Crippen molar-refractivity contribution in [2.75, 3.05) is 59.4 Å². The number of carbonyl (C=O) groups is 3. The highest BCUT2D eigenvalue weighted by Gasteiger charge is 2.34. The zero-order valence-electron chi connectivity index (χ0n) is 34.0. The number of likely N-dealkylation sites (tertiary alicyclic amines) is 2. The third kappa shape index (κ3) is 9.10. The van der Waals surface area contributed by atoms with Crippen LogP contribution in [0.4, 0.5) is 4.79 Å². The van der Waals surface area contributed by atoms with Crippen LogP contribution in [0.5, 0.6) is 0 Å². The molecule has 3 aliphatic heterocycles. The third-order valence-electron chi connectivity index (χ3n) is 12.4. The number of piperidine rings is 2. The zero-order chi connectivity index (χ0) is 40.3. The van der Waals surface area contributed by atoms with Crippen molar-refractivity contribution in [1.82, 2.24) is 39.7 Å². The van der Waals surface area contributed by atoms with E-state index in [-0.39, 0.29) is 36.1 Å². The molecule has 3 fully saturated rings. The summed E-state index contributed by atoms with van der Waals surface area (Å²) in [6.07, 6.45) is 7.88. The van der Waals surface area contributed by atoms with Crippen LogP contribution >= 0.6 is 0 Å². The fourth-order valence-electron chi connectivity index (χ4n) is 8.92. The normalized spacial score (nSPS) is 18.5. The van der Waals surface area contributed by atoms with Gasteiger partial charge in [0.15, 0.2) is 6.73 Å². The Morgan fingerprint density at radius 1 is 0.965 bits per heavy atom. The summed E-state index contributed by atoms with van der Waals surface area (Å²) in [5.41, 5.74) is 3.48. The van der Waals surface area contributed by atoms with Gasteiger partial charge in [0.25, 0.3) is 5.56 Å². The standard InChI is InChI=1S/C44H58N8O5/c1-6-15-44(3,4)42(55)57-29-52-39-30(2)24-31(25-34(39)28-45-52)26-38(41(54)50-22-20-49(21-23-50)35-13-16-48(5)17-14-35)47-43(56)51-18-11-32(12-19-51)36-27-33-9-7-8-10-37(33)46-40(36)53/h6-10,24-25,27-28,32,35,38H,1,11-23,26,29H2,2-5H3,(H,46,53)(H,47,56). The van der Waals surface area contributed by atoms with E-state index >= 15 is 0 Å². The summed E-state index contributed by atoms with van der Waals surface area (Å²) in [5, 5.41) is 9.54. The number of pyridine rings is 1. The van der Waals surface area contributed by atoms with E-state index in [0.29, 0.717) is 57.9 Å². The van der Waals surface area contributed by atoms with Gasteiger partial charge in [0.05, 0.1) is 17.1 Å². The molecule has 1 unspecified atom stereocenters. The number of carbonyl (C=O) groups excluding carboxylic acids is 3. The largest absolute Gasteiger partial charge is 0.442 e. The summed E-state index contributed by atoms with van der Waals surface area (Å²) >= 11 is 0. The number of hydrogen-bond acceptors (Lipinski definition) is 8. The Hall–Kier alpha value is -5.01. The lowest BCUT2D eigenvalue weighted by molar-refractivity contribution is -0.158. The number of amides is 3. The van der Waals surface area contributed by atoms with Gasteiger partial charge in [-0.1, -0.05) is 30.3 Å². The van der Waals surface area contributed by atoms with E-state index in [2.05, 4.69) is 38.8 Å². The average molecular weight is 779 g/mol. The summed E-state index contributed by atoms with van der Waals surface area (Å²) in [7, 11) is 2.17. The fourth-order valence-corrected chi connectivity index (χ4v) is 8.92. The molecule has 0 saturated carbocycles. The molecule has 0 radical (unpaired) electrons. The number of ether oxygens (including phenoxy) is 1. The van der Waals surface area contributed by atoms with E-state index < -0.39 is 11.5 Å². The van der Waals surface area contributed by atoms with Crippen molar-refractivity contribution in [3.05, 3.63) is 88.4 Å². The number of H-pyrrole nitrogens is 1. The second-order valence-electron chi connectivity index (χ2n) is 16.9. The minimum Gasteiger partial charge on any atom is -0.442 e. The van der Waals surface area contributed by atoms with Crippen LogP contribution in [0.15, 0.2) is 66.1 Å². The third-order valence-corrected chi connectivity index (χ3v) is 12.4. The maximum Gasteiger partial charge on any atom is 0.318 e. The number of piperazine rings is 1. The SMILES string of the molecule is C=CCC(C)(C)C(=O)OCn1ncc2cc(CC(NC(=O)N3CCC(c4cc5ccccc5[nH]c4=O)CC3)C(=O)N3CCN(C4CCN(C)CC4)CC3)cc(C)c21. The van der Waals surface area contributed by atoms with Crippen LogP contribution in [0, 0.1) is 12.3 Å². The minimum absolute atomic E-state index is 0.0181. The Kier molecular flexibility index (Phi) is 12.2. The molecule has 1 atom stereocenters. The van der Waals surface area contributed by atoms with Crippen LogP contribution in [0.2, 0.25) is 0 Å². The van der Waals surface area contributed by atoms with Gasteiger partial charge in [-0.15, -0.1) is 6.58 Å². The van der Waals surface area contributed by atoms with Gasteiger partial charge in [-0.25, -0.2) is 9.48 Å². The number of allylic oxidation sites excluding steroid dienone is 1. The van der Waals surface area contributed by atoms with E-state index in [0.717, 1.165) is 77.5 Å². The van der Waals surface area contributed by atoms with E-state index in [1.807, 2.05) is 68.1 Å². The molecule has 13 heteroatoms. The molecule has 0 bridgehead atoms. The van der Waals surface area contributed by atoms with Crippen LogP contribution in [0.25, 0.3) is 21.8 Å². The van der Waals surface area contributed by atoms with E-state index in [9.17, 15) is 19.2 Å². The zero-order valence-corrected chi connectivity index (χ0v) is 34.0. The quantitative estimate of drug-likeness (QED) is 0.160. The number of fused-ring (bicyclic) bond motifs is 2. The Bertz CT molecular complexity index is 2150. The molecular formula is C44H58N8O5. The number of hydrogen-bond donors (Lipinski definition) is 2. The van der Waals surface area contributed by atoms with Crippen molar-refractivity contribution in [1.29, 1.82) is 0 Å². The number of aromatic amines is 1. The Morgan fingerprint density at radius 2 is 1.68 bits per heavy atom. The van der Waals surface area contributed by atoms with Crippen molar-refractivity contribution in [2.45, 2.75) is 84.0 Å². The van der Waals surface area contributed by atoms with Crippen LogP contribution in [-0.2, 0) is 27.5 Å². The predicted octanol–water partition coefficient (Wildman–Crippen LogP) is 5.03. The van der Waals surface area contributed by atoms with Crippen LogP contribution in [0.1, 0.15) is 68.6 Å². The van der Waals surface area contributed by atoms with Gasteiger partial charge in [0.2, 0.25) is 5.91 Å². The molecule has 0 aliphatic carbocycles. The Morgan fingerprint density at radius 3 is 2.40 bits per heavy atom. The van der Waals surface area contributed by atoms with Gasteiger partial charge in [-0.3, -0.25) is 19.3 Å². The number of nitrogens with zero attached hydrogens (tertiary/aromatic N) is 6. The van der Waals surface area contributed by atoms with Crippen molar-refractivity contribution >= 4 is 39.7 Å². The van der Waals surface area contributed by atoms with Crippen molar-refractivity contribution in [3.63, 3.8) is 0 Å². The number of urea groups is 1. The average Bonchev–Trinajstić information content (AvgIpc) is 3.63. The molecule has 304 valence electrons. The Labute approximate surface area is 335 Å². The maximum atomic E-state index is 14.4. The molecule has 7 rings (SSSR count). The predicted molar refractivity (Wildman–Crippen MR) is 222 cm³/mol. The smallest absolute Gasteiger partial charge is 0.318 e. The minimum atomic E-state index is -0.770. The van der Waals surface area contributed by atoms with E-state index in [4.69, 9.17) is 4.74 Å². The van der Waals surface area contributed by atoms with Gasteiger partial charge in [-0.2, -0.15) is 5.10 Å². The molecule has 0 spiro atoms. The van der Waals surface area contributed by atoms with Crippen LogP contribution in [0.3, 0.4) is 0 Å². The highest BCUT2D eigenvalue weighted by atomic mass is 16.5.